The van der Waals surface area contributed by atoms with Crippen LogP contribution in [0.5, 0.6) is 0 Å². The Bertz CT molecular complexity index is 380. The van der Waals surface area contributed by atoms with Crippen molar-refractivity contribution in [3.8, 4) is 0 Å². The number of aryl methyl sites for hydroxylation is 1. The van der Waals surface area contributed by atoms with E-state index >= 15 is 0 Å². The number of nitrogens with zero attached hydrogens (tertiary/aromatic N) is 1. The summed E-state index contributed by atoms with van der Waals surface area (Å²) in [7, 11) is 2.08. The average Bonchev–Trinajstić information content (AvgIpc) is 2.45. The Labute approximate surface area is 103 Å². The van der Waals surface area contributed by atoms with Crippen LogP contribution in [0.3, 0.4) is 0 Å². The molecule has 0 spiro atoms. The van der Waals surface area contributed by atoms with Crippen molar-refractivity contribution in [3.63, 3.8) is 0 Å². The van der Waals surface area contributed by atoms with E-state index in [9.17, 15) is 4.39 Å². The third-order valence-corrected chi connectivity index (χ3v) is 3.72. The Kier molecular flexibility index (Phi) is 3.79. The van der Waals surface area contributed by atoms with E-state index in [2.05, 4.69) is 11.9 Å². The van der Waals surface area contributed by atoms with Gasteiger partial charge in [0.05, 0.1) is 0 Å². The quantitative estimate of drug-likeness (QED) is 0.812. The molecular weight excluding hydrogens is 215 g/mol. The molecule has 1 aromatic carbocycles. The van der Waals surface area contributed by atoms with Gasteiger partial charge in [-0.2, -0.15) is 0 Å². The van der Waals surface area contributed by atoms with Gasteiger partial charge in [-0.25, -0.2) is 4.39 Å². The first kappa shape index (κ1) is 12.5. The van der Waals surface area contributed by atoms with Crippen LogP contribution in [0.1, 0.15) is 36.4 Å². The maximum Gasteiger partial charge on any atom is 0.126 e. The van der Waals surface area contributed by atoms with Gasteiger partial charge in [-0.05, 0) is 50.6 Å². The lowest BCUT2D eigenvalue weighted by atomic mass is 9.96. The Hall–Kier alpha value is -0.930. The van der Waals surface area contributed by atoms with Crippen LogP contribution >= 0.6 is 0 Å². The van der Waals surface area contributed by atoms with Crippen LogP contribution in [0.4, 0.5) is 4.39 Å². The summed E-state index contributed by atoms with van der Waals surface area (Å²) < 4.78 is 13.6. The van der Waals surface area contributed by atoms with Gasteiger partial charge in [-0.15, -0.1) is 0 Å². The topological polar surface area (TPSA) is 29.3 Å². The highest BCUT2D eigenvalue weighted by Crippen LogP contribution is 2.29. The van der Waals surface area contributed by atoms with Crippen LogP contribution in [0, 0.1) is 12.7 Å². The van der Waals surface area contributed by atoms with E-state index < -0.39 is 0 Å². The van der Waals surface area contributed by atoms with Gasteiger partial charge in [-0.1, -0.05) is 18.6 Å². The minimum absolute atomic E-state index is 0.101. The second-order valence-electron chi connectivity index (χ2n) is 5.09. The molecule has 0 amide bonds. The van der Waals surface area contributed by atoms with Crippen molar-refractivity contribution in [2.45, 2.75) is 38.3 Å². The lowest BCUT2D eigenvalue weighted by Gasteiger charge is -2.30. The van der Waals surface area contributed by atoms with Crippen LogP contribution in [0.2, 0.25) is 0 Å². The molecule has 94 valence electrons. The fourth-order valence-electron chi connectivity index (χ4n) is 2.66. The predicted octanol–water partition coefficient (Wildman–Crippen LogP) is 2.62. The molecule has 1 aliphatic rings. The number of likely N-dealkylation sites (N-methyl/N-ethyl adjacent to an activating group) is 1. The molecule has 2 nitrogen and oxygen atoms in total. The van der Waals surface area contributed by atoms with Crippen LogP contribution in [0.15, 0.2) is 18.2 Å². The Balaban J connectivity index is 2.31. The van der Waals surface area contributed by atoms with Gasteiger partial charge in [-0.3, -0.25) is 4.90 Å². The molecule has 0 bridgehead atoms. The van der Waals surface area contributed by atoms with Crippen molar-refractivity contribution >= 4 is 0 Å². The van der Waals surface area contributed by atoms with Crippen molar-refractivity contribution in [2.75, 3.05) is 13.6 Å². The molecule has 0 saturated carbocycles. The Morgan fingerprint density at radius 1 is 1.35 bits per heavy atom. The fourth-order valence-corrected chi connectivity index (χ4v) is 2.66. The average molecular weight is 236 g/mol. The molecule has 2 N–H and O–H groups in total. The molecule has 0 radical (unpaired) electrons. The zero-order valence-corrected chi connectivity index (χ0v) is 10.6. The first-order valence-electron chi connectivity index (χ1n) is 6.31. The van der Waals surface area contributed by atoms with Crippen LogP contribution in [0.25, 0.3) is 0 Å². The second-order valence-corrected chi connectivity index (χ2v) is 5.09. The van der Waals surface area contributed by atoms with Crippen molar-refractivity contribution < 1.29 is 4.39 Å². The minimum Gasteiger partial charge on any atom is -0.326 e. The van der Waals surface area contributed by atoms with E-state index in [-0.39, 0.29) is 17.9 Å². The molecule has 1 saturated heterocycles. The van der Waals surface area contributed by atoms with Gasteiger partial charge in [0.25, 0.3) is 0 Å². The minimum atomic E-state index is -0.132. The lowest BCUT2D eigenvalue weighted by molar-refractivity contribution is 0.229. The van der Waals surface area contributed by atoms with Gasteiger partial charge in [0, 0.05) is 12.1 Å². The molecule has 1 fully saturated rings. The molecule has 1 heterocycles. The fraction of sp³-hybridized carbons (Fsp3) is 0.571. The van der Waals surface area contributed by atoms with E-state index in [1.54, 1.807) is 13.0 Å². The van der Waals surface area contributed by atoms with Crippen molar-refractivity contribution in [1.82, 2.24) is 4.90 Å². The maximum atomic E-state index is 13.6. The van der Waals surface area contributed by atoms with E-state index in [1.807, 2.05) is 12.1 Å². The summed E-state index contributed by atoms with van der Waals surface area (Å²) in [6.45, 7) is 2.82. The molecule has 1 aliphatic heterocycles. The molecule has 0 aromatic heterocycles. The second kappa shape index (κ2) is 5.15. The highest BCUT2D eigenvalue weighted by molar-refractivity contribution is 5.27. The van der Waals surface area contributed by atoms with Gasteiger partial charge in [0.1, 0.15) is 5.82 Å². The molecule has 3 heteroatoms. The van der Waals surface area contributed by atoms with E-state index in [0.717, 1.165) is 24.9 Å². The molecule has 2 rings (SSSR count). The smallest absolute Gasteiger partial charge is 0.126 e. The van der Waals surface area contributed by atoms with Gasteiger partial charge < -0.3 is 5.73 Å². The van der Waals surface area contributed by atoms with Gasteiger partial charge in [0.15, 0.2) is 0 Å². The van der Waals surface area contributed by atoms with E-state index in [4.69, 9.17) is 5.73 Å². The summed E-state index contributed by atoms with van der Waals surface area (Å²) in [4.78, 5) is 2.25. The number of halogens is 1. The monoisotopic (exact) mass is 236 g/mol. The predicted molar refractivity (Wildman–Crippen MR) is 68.3 cm³/mol. The highest BCUT2D eigenvalue weighted by Gasteiger charge is 2.26. The Morgan fingerprint density at radius 3 is 2.82 bits per heavy atom. The Morgan fingerprint density at radius 2 is 2.12 bits per heavy atom. The summed E-state index contributed by atoms with van der Waals surface area (Å²) in [5.41, 5.74) is 7.92. The first-order valence-corrected chi connectivity index (χ1v) is 6.31. The summed E-state index contributed by atoms with van der Waals surface area (Å²) in [5, 5.41) is 0. The first-order chi connectivity index (χ1) is 8.09. The number of benzene rings is 1. The van der Waals surface area contributed by atoms with Crippen LogP contribution in [-0.2, 0) is 0 Å². The lowest BCUT2D eigenvalue weighted by Crippen LogP contribution is -2.37. The number of likely N-dealkylation sites (tertiary alicyclic amines) is 1. The largest absolute Gasteiger partial charge is 0.326 e. The summed E-state index contributed by atoms with van der Waals surface area (Å²) in [6.07, 6.45) is 3.36. The number of hydrogen-bond acceptors (Lipinski definition) is 2. The normalized spacial score (nSPS) is 26.8. The zero-order chi connectivity index (χ0) is 12.4. The molecule has 2 unspecified atom stereocenters. The summed E-state index contributed by atoms with van der Waals surface area (Å²) >= 11 is 0. The maximum absolute atomic E-state index is 13.6. The number of nitrogens with two attached hydrogens (primary N) is 1. The summed E-state index contributed by atoms with van der Waals surface area (Å²) in [6, 6.07) is 5.74. The highest BCUT2D eigenvalue weighted by atomic mass is 19.1. The SMILES string of the molecule is Cc1ccc(C2C(N)CCCCN2C)cc1F. The standard InChI is InChI=1S/C14H21FN2/c1-10-6-7-11(9-12(10)15)14-13(16)5-3-4-8-17(14)2/h6-7,9,13-14H,3-5,8,16H2,1-2H3. The molecular formula is C14H21FN2. The molecule has 1 aromatic rings. The van der Waals surface area contributed by atoms with E-state index in [1.165, 1.54) is 6.42 Å². The third kappa shape index (κ3) is 2.67. The van der Waals surface area contributed by atoms with Gasteiger partial charge in [0.2, 0.25) is 0 Å². The number of hydrogen-bond donors (Lipinski definition) is 1. The molecule has 2 atom stereocenters. The summed E-state index contributed by atoms with van der Waals surface area (Å²) in [5.74, 6) is -0.132. The molecule has 17 heavy (non-hydrogen) atoms. The third-order valence-electron chi connectivity index (χ3n) is 3.72. The van der Waals surface area contributed by atoms with E-state index in [0.29, 0.717) is 5.56 Å². The van der Waals surface area contributed by atoms with Crippen molar-refractivity contribution in [3.05, 3.63) is 35.1 Å². The van der Waals surface area contributed by atoms with Crippen LogP contribution in [-0.4, -0.2) is 24.5 Å². The van der Waals surface area contributed by atoms with Crippen molar-refractivity contribution in [1.29, 1.82) is 0 Å². The number of rotatable bonds is 1. The molecule has 0 aliphatic carbocycles. The van der Waals surface area contributed by atoms with Crippen molar-refractivity contribution in [2.24, 2.45) is 5.73 Å². The van der Waals surface area contributed by atoms with Gasteiger partial charge >= 0.3 is 0 Å². The zero-order valence-electron chi connectivity index (χ0n) is 10.6. The van der Waals surface area contributed by atoms with Crippen LogP contribution < -0.4 is 5.73 Å².